The lowest BCUT2D eigenvalue weighted by Gasteiger charge is -2.36. The number of benzene rings is 2. The van der Waals surface area contributed by atoms with Crippen molar-refractivity contribution in [3.63, 3.8) is 0 Å². The first kappa shape index (κ1) is 19.6. The Balaban J connectivity index is 1.43. The number of nitrogens with zero attached hydrogens (tertiary/aromatic N) is 2. The van der Waals surface area contributed by atoms with Gasteiger partial charge in [-0.15, -0.1) is 0 Å². The highest BCUT2D eigenvalue weighted by molar-refractivity contribution is 6.31. The van der Waals surface area contributed by atoms with Crippen LogP contribution < -0.4 is 0 Å². The Labute approximate surface area is 182 Å². The maximum atomic E-state index is 13.7. The van der Waals surface area contributed by atoms with Gasteiger partial charge in [0.05, 0.1) is 0 Å². The van der Waals surface area contributed by atoms with Crippen LogP contribution in [0.3, 0.4) is 0 Å². The van der Waals surface area contributed by atoms with Crippen LogP contribution in [0.25, 0.3) is 0 Å². The Hall–Kier alpha value is -2.33. The molecule has 1 saturated carbocycles. The highest BCUT2D eigenvalue weighted by atomic mass is 35.5. The molecule has 30 heavy (non-hydrogen) atoms. The summed E-state index contributed by atoms with van der Waals surface area (Å²) in [5.74, 6) is 0.477. The summed E-state index contributed by atoms with van der Waals surface area (Å²) in [4.78, 5) is 31.1. The summed E-state index contributed by atoms with van der Waals surface area (Å²) >= 11 is 6.16. The summed E-state index contributed by atoms with van der Waals surface area (Å²) in [6.45, 7) is 1.36. The summed E-state index contributed by atoms with van der Waals surface area (Å²) in [6.07, 6.45) is 6.08. The van der Waals surface area contributed by atoms with Crippen LogP contribution >= 0.6 is 11.6 Å². The number of likely N-dealkylation sites (tertiary alicyclic amines) is 1. The first-order chi connectivity index (χ1) is 14.6. The molecule has 2 aromatic rings. The average molecular weight is 423 g/mol. The molecular weight excluding hydrogens is 396 g/mol. The number of carbonyl (C=O) groups is 2. The Kier molecular flexibility index (Phi) is 5.28. The second-order valence-electron chi connectivity index (χ2n) is 8.86. The molecule has 2 amide bonds. The van der Waals surface area contributed by atoms with Crippen LogP contribution in [0.2, 0.25) is 5.02 Å². The van der Waals surface area contributed by atoms with E-state index in [1.807, 2.05) is 28.0 Å². The van der Waals surface area contributed by atoms with Crippen LogP contribution in [0.15, 0.2) is 48.5 Å². The number of amides is 2. The van der Waals surface area contributed by atoms with Gasteiger partial charge in [0.25, 0.3) is 5.91 Å². The van der Waals surface area contributed by atoms with E-state index in [0.29, 0.717) is 23.0 Å². The second-order valence-corrected chi connectivity index (χ2v) is 9.30. The number of hydrogen-bond acceptors (Lipinski definition) is 2. The number of halogens is 1. The smallest absolute Gasteiger partial charge is 0.254 e. The van der Waals surface area contributed by atoms with Crippen LogP contribution in [-0.4, -0.2) is 40.2 Å². The molecule has 2 heterocycles. The minimum atomic E-state index is -0.366. The van der Waals surface area contributed by atoms with Crippen molar-refractivity contribution in [3.8, 4) is 0 Å². The molecule has 5 heteroatoms. The molecule has 3 atom stereocenters. The lowest BCUT2D eigenvalue weighted by molar-refractivity contribution is -0.136. The third-order valence-electron chi connectivity index (χ3n) is 7.12. The molecule has 2 aromatic carbocycles. The first-order valence-electron chi connectivity index (χ1n) is 11.1. The quantitative estimate of drug-likeness (QED) is 0.703. The fourth-order valence-electron chi connectivity index (χ4n) is 5.64. The molecule has 1 saturated heterocycles. The highest BCUT2D eigenvalue weighted by Gasteiger charge is 2.48. The van der Waals surface area contributed by atoms with E-state index in [1.54, 1.807) is 12.1 Å². The zero-order chi connectivity index (χ0) is 20.7. The van der Waals surface area contributed by atoms with Gasteiger partial charge in [0.15, 0.2) is 0 Å². The van der Waals surface area contributed by atoms with Gasteiger partial charge in [0, 0.05) is 29.7 Å². The SMILES string of the molecule is O=C([C@@H]1C[C@@H]2CCCC[C@@H]2N1C(=O)c1cccc(Cl)c1)N1CCc2ccccc2C1. The fourth-order valence-corrected chi connectivity index (χ4v) is 5.83. The lowest BCUT2D eigenvalue weighted by atomic mass is 9.84. The van der Waals surface area contributed by atoms with E-state index in [2.05, 4.69) is 18.2 Å². The largest absolute Gasteiger partial charge is 0.336 e. The maximum Gasteiger partial charge on any atom is 0.254 e. The van der Waals surface area contributed by atoms with E-state index in [9.17, 15) is 9.59 Å². The zero-order valence-electron chi connectivity index (χ0n) is 17.1. The van der Waals surface area contributed by atoms with Crippen LogP contribution in [0.5, 0.6) is 0 Å². The third-order valence-corrected chi connectivity index (χ3v) is 7.36. The Morgan fingerprint density at radius 2 is 1.77 bits per heavy atom. The molecule has 156 valence electrons. The standard InChI is InChI=1S/C25H27ClN2O2/c26-21-10-5-9-19(14-21)24(29)28-22-11-4-3-7-18(22)15-23(28)25(30)27-13-12-17-6-1-2-8-20(17)16-27/h1-2,5-6,8-10,14,18,22-23H,3-4,7,11-13,15-16H2/t18-,22-,23-/m0/s1. The predicted octanol–water partition coefficient (Wildman–Crippen LogP) is 4.70. The molecule has 1 aliphatic carbocycles. The van der Waals surface area contributed by atoms with E-state index in [1.165, 1.54) is 17.5 Å². The molecule has 0 bridgehead atoms. The summed E-state index contributed by atoms with van der Waals surface area (Å²) in [5, 5.41) is 0.552. The topological polar surface area (TPSA) is 40.6 Å². The van der Waals surface area contributed by atoms with Crippen molar-refractivity contribution in [2.75, 3.05) is 6.54 Å². The van der Waals surface area contributed by atoms with Gasteiger partial charge in [-0.2, -0.15) is 0 Å². The fraction of sp³-hybridized carbons (Fsp3) is 0.440. The van der Waals surface area contributed by atoms with E-state index in [-0.39, 0.29) is 23.9 Å². The number of carbonyl (C=O) groups excluding carboxylic acids is 2. The van der Waals surface area contributed by atoms with Crippen molar-refractivity contribution >= 4 is 23.4 Å². The van der Waals surface area contributed by atoms with E-state index >= 15 is 0 Å². The first-order valence-corrected chi connectivity index (χ1v) is 11.4. The maximum absolute atomic E-state index is 13.7. The molecule has 5 rings (SSSR count). The Bertz CT molecular complexity index is 975. The van der Waals surface area contributed by atoms with Crippen molar-refractivity contribution < 1.29 is 9.59 Å². The van der Waals surface area contributed by atoms with Crippen molar-refractivity contribution in [1.29, 1.82) is 0 Å². The van der Waals surface area contributed by atoms with Gasteiger partial charge >= 0.3 is 0 Å². The van der Waals surface area contributed by atoms with Crippen molar-refractivity contribution in [3.05, 3.63) is 70.2 Å². The van der Waals surface area contributed by atoms with Gasteiger partial charge in [-0.3, -0.25) is 9.59 Å². The molecule has 0 aromatic heterocycles. The summed E-state index contributed by atoms with van der Waals surface area (Å²) in [5.41, 5.74) is 3.13. The van der Waals surface area contributed by atoms with E-state index < -0.39 is 0 Å². The summed E-state index contributed by atoms with van der Waals surface area (Å²) < 4.78 is 0. The van der Waals surface area contributed by atoms with Gasteiger partial charge in [-0.1, -0.05) is 54.8 Å². The highest BCUT2D eigenvalue weighted by Crippen LogP contribution is 2.41. The van der Waals surface area contributed by atoms with Gasteiger partial charge in [-0.25, -0.2) is 0 Å². The molecule has 0 N–H and O–H groups in total. The zero-order valence-corrected chi connectivity index (χ0v) is 17.9. The normalized spacial score (nSPS) is 25.6. The Morgan fingerprint density at radius 1 is 0.967 bits per heavy atom. The summed E-state index contributed by atoms with van der Waals surface area (Å²) in [7, 11) is 0. The van der Waals surface area contributed by atoms with Crippen molar-refractivity contribution in [2.24, 2.45) is 5.92 Å². The molecule has 2 aliphatic heterocycles. The van der Waals surface area contributed by atoms with Gasteiger partial charge < -0.3 is 9.80 Å². The minimum Gasteiger partial charge on any atom is -0.336 e. The second kappa shape index (κ2) is 8.07. The van der Waals surface area contributed by atoms with Gasteiger partial charge in [-0.05, 0) is 60.9 Å². The minimum absolute atomic E-state index is 0.0531. The van der Waals surface area contributed by atoms with Crippen molar-refractivity contribution in [1.82, 2.24) is 9.80 Å². The van der Waals surface area contributed by atoms with E-state index in [4.69, 9.17) is 11.6 Å². The number of rotatable bonds is 2. The van der Waals surface area contributed by atoms with Crippen LogP contribution in [0.4, 0.5) is 0 Å². The van der Waals surface area contributed by atoms with Gasteiger partial charge in [0.2, 0.25) is 5.91 Å². The number of fused-ring (bicyclic) bond motifs is 2. The van der Waals surface area contributed by atoms with Crippen molar-refractivity contribution in [2.45, 2.75) is 57.2 Å². The molecule has 4 nitrogen and oxygen atoms in total. The number of hydrogen-bond donors (Lipinski definition) is 0. The van der Waals surface area contributed by atoms with Gasteiger partial charge in [0.1, 0.15) is 6.04 Å². The molecule has 0 radical (unpaired) electrons. The molecular formula is C25H27ClN2O2. The lowest BCUT2D eigenvalue weighted by Crippen LogP contribution is -2.51. The third kappa shape index (κ3) is 3.51. The average Bonchev–Trinajstić information content (AvgIpc) is 3.17. The van der Waals surface area contributed by atoms with Crippen LogP contribution in [0.1, 0.15) is 53.6 Å². The molecule has 2 fully saturated rings. The van der Waals surface area contributed by atoms with Crippen LogP contribution in [-0.2, 0) is 17.8 Å². The molecule has 0 unspecified atom stereocenters. The predicted molar refractivity (Wildman–Crippen MR) is 117 cm³/mol. The Morgan fingerprint density at radius 3 is 2.60 bits per heavy atom. The monoisotopic (exact) mass is 422 g/mol. The van der Waals surface area contributed by atoms with E-state index in [0.717, 1.165) is 38.6 Å². The summed E-state index contributed by atoms with van der Waals surface area (Å²) in [6, 6.07) is 15.3. The van der Waals surface area contributed by atoms with Crippen LogP contribution in [0, 0.1) is 5.92 Å². The molecule has 3 aliphatic rings. The molecule has 0 spiro atoms.